The van der Waals surface area contributed by atoms with Crippen LogP contribution in [0.5, 0.6) is 5.75 Å². The molecule has 3 aromatic rings. The number of halogens is 2. The lowest BCUT2D eigenvalue weighted by atomic mass is 9.94. The van der Waals surface area contributed by atoms with Gasteiger partial charge in [-0.15, -0.1) is 0 Å². The maximum Gasteiger partial charge on any atom is 0.261 e. The van der Waals surface area contributed by atoms with Gasteiger partial charge in [0, 0.05) is 29.1 Å². The lowest BCUT2D eigenvalue weighted by Crippen LogP contribution is -2.53. The van der Waals surface area contributed by atoms with Crippen LogP contribution in [-0.4, -0.2) is 35.4 Å². The minimum atomic E-state index is -0.709. The molecule has 194 valence electrons. The van der Waals surface area contributed by atoms with Gasteiger partial charge in [-0.1, -0.05) is 91.0 Å². The summed E-state index contributed by atoms with van der Waals surface area (Å²) in [6, 6.07) is 23.5. The second-order valence-electron chi connectivity index (χ2n) is 9.45. The average molecular weight is 540 g/mol. The number of benzene rings is 3. The van der Waals surface area contributed by atoms with E-state index in [1.54, 1.807) is 35.2 Å². The number of hydrogen-bond donors (Lipinski definition) is 1. The smallest absolute Gasteiger partial charge is 0.261 e. The van der Waals surface area contributed by atoms with Crippen LogP contribution < -0.4 is 10.1 Å². The third-order valence-corrected chi connectivity index (χ3v) is 7.09. The summed E-state index contributed by atoms with van der Waals surface area (Å²) in [5.74, 6) is 0.0587. The second-order valence-corrected chi connectivity index (χ2v) is 10.3. The molecular formula is C30H32Cl2N2O3. The summed E-state index contributed by atoms with van der Waals surface area (Å²) < 4.78 is 5.79. The van der Waals surface area contributed by atoms with Crippen molar-refractivity contribution in [2.45, 2.75) is 57.2 Å². The van der Waals surface area contributed by atoms with Crippen molar-refractivity contribution in [2.24, 2.45) is 0 Å². The lowest BCUT2D eigenvalue weighted by molar-refractivity contribution is -0.143. The fourth-order valence-corrected chi connectivity index (χ4v) is 5.11. The van der Waals surface area contributed by atoms with E-state index >= 15 is 0 Å². The zero-order valence-electron chi connectivity index (χ0n) is 20.7. The summed E-state index contributed by atoms with van der Waals surface area (Å²) in [5, 5.41) is 4.33. The number of carbonyl (C=O) groups is 2. The highest BCUT2D eigenvalue weighted by Crippen LogP contribution is 2.22. The Morgan fingerprint density at radius 2 is 1.54 bits per heavy atom. The first kappa shape index (κ1) is 27.0. The number of nitrogens with zero attached hydrogens (tertiary/aromatic N) is 1. The highest BCUT2D eigenvalue weighted by atomic mass is 35.5. The first-order valence-corrected chi connectivity index (χ1v) is 13.5. The highest BCUT2D eigenvalue weighted by molar-refractivity contribution is 6.30. The minimum Gasteiger partial charge on any atom is -0.484 e. The molecule has 4 rings (SSSR count). The number of hydrogen-bond acceptors (Lipinski definition) is 3. The van der Waals surface area contributed by atoms with Crippen molar-refractivity contribution in [3.8, 4) is 5.75 Å². The molecule has 0 aromatic heterocycles. The quantitative estimate of drug-likeness (QED) is 0.322. The predicted octanol–water partition coefficient (Wildman–Crippen LogP) is 6.46. The molecule has 3 aromatic carbocycles. The van der Waals surface area contributed by atoms with E-state index in [1.165, 1.54) is 6.42 Å². The molecule has 0 radical (unpaired) electrons. The molecule has 0 heterocycles. The van der Waals surface area contributed by atoms with Crippen molar-refractivity contribution < 1.29 is 14.3 Å². The Morgan fingerprint density at radius 3 is 2.24 bits per heavy atom. The predicted molar refractivity (Wildman–Crippen MR) is 148 cm³/mol. The molecule has 0 saturated heterocycles. The van der Waals surface area contributed by atoms with E-state index in [2.05, 4.69) is 5.32 Å². The molecule has 1 aliphatic carbocycles. The molecule has 1 unspecified atom stereocenters. The fourth-order valence-electron chi connectivity index (χ4n) is 4.72. The zero-order valence-corrected chi connectivity index (χ0v) is 22.3. The molecule has 1 N–H and O–H groups in total. The van der Waals surface area contributed by atoms with E-state index in [0.717, 1.165) is 36.8 Å². The van der Waals surface area contributed by atoms with E-state index in [4.69, 9.17) is 27.9 Å². The Morgan fingerprint density at radius 1 is 0.865 bits per heavy atom. The molecular weight excluding hydrogens is 507 g/mol. The first-order chi connectivity index (χ1) is 18.0. The molecule has 2 amide bonds. The summed E-state index contributed by atoms with van der Waals surface area (Å²) in [4.78, 5) is 29.0. The standard InChI is InChI=1S/C30H32Cl2N2O3/c31-24-12-7-11-23(17-24)20-34(29(35)21-37-27-16-8-13-25(32)19-27)28(18-22-9-3-1-4-10-22)30(36)33-26-14-5-2-6-15-26/h1,3-4,7-13,16-17,19,26,28H,2,5-6,14-15,18,20-21H2,(H,33,36). The van der Waals surface area contributed by atoms with Gasteiger partial charge in [0.25, 0.3) is 5.91 Å². The monoisotopic (exact) mass is 538 g/mol. The summed E-state index contributed by atoms with van der Waals surface area (Å²) in [5.41, 5.74) is 1.82. The Labute approximate surface area is 228 Å². The molecule has 0 bridgehead atoms. The topological polar surface area (TPSA) is 58.6 Å². The van der Waals surface area contributed by atoms with Crippen LogP contribution in [0.4, 0.5) is 0 Å². The van der Waals surface area contributed by atoms with Gasteiger partial charge in [-0.2, -0.15) is 0 Å². The molecule has 37 heavy (non-hydrogen) atoms. The Balaban J connectivity index is 1.61. The van der Waals surface area contributed by atoms with Crippen molar-refractivity contribution >= 4 is 35.0 Å². The van der Waals surface area contributed by atoms with Crippen LogP contribution in [0, 0.1) is 0 Å². The third kappa shape index (κ3) is 8.24. The molecule has 1 atom stereocenters. The van der Waals surface area contributed by atoms with E-state index < -0.39 is 6.04 Å². The number of nitrogens with one attached hydrogen (secondary N) is 1. The number of ether oxygens (including phenoxy) is 1. The number of rotatable bonds is 10. The fraction of sp³-hybridized carbons (Fsp3) is 0.333. The van der Waals surface area contributed by atoms with Gasteiger partial charge in [-0.3, -0.25) is 9.59 Å². The van der Waals surface area contributed by atoms with E-state index in [9.17, 15) is 9.59 Å². The average Bonchev–Trinajstić information content (AvgIpc) is 2.90. The maximum absolute atomic E-state index is 13.7. The summed E-state index contributed by atoms with van der Waals surface area (Å²) in [6.45, 7) is 0.0107. The van der Waals surface area contributed by atoms with Crippen molar-refractivity contribution in [3.63, 3.8) is 0 Å². The number of amides is 2. The zero-order chi connectivity index (χ0) is 26.0. The molecule has 1 aliphatic rings. The van der Waals surface area contributed by atoms with Crippen LogP contribution in [-0.2, 0) is 22.6 Å². The largest absolute Gasteiger partial charge is 0.484 e. The van der Waals surface area contributed by atoms with E-state index in [1.807, 2.05) is 48.5 Å². The molecule has 5 nitrogen and oxygen atoms in total. The van der Waals surface area contributed by atoms with Crippen molar-refractivity contribution in [2.75, 3.05) is 6.61 Å². The number of carbonyl (C=O) groups excluding carboxylic acids is 2. The van der Waals surface area contributed by atoms with Gasteiger partial charge in [0.2, 0.25) is 5.91 Å². The van der Waals surface area contributed by atoms with Gasteiger partial charge in [-0.05, 0) is 54.3 Å². The Bertz CT molecular complexity index is 1180. The van der Waals surface area contributed by atoms with Crippen molar-refractivity contribution in [1.29, 1.82) is 0 Å². The molecule has 1 saturated carbocycles. The van der Waals surface area contributed by atoms with Gasteiger partial charge in [0.05, 0.1) is 0 Å². The Hall–Kier alpha value is -3.02. The van der Waals surface area contributed by atoms with Crippen molar-refractivity contribution in [3.05, 3.63) is 100 Å². The normalized spacial score (nSPS) is 14.5. The van der Waals surface area contributed by atoms with Crippen molar-refractivity contribution in [1.82, 2.24) is 10.2 Å². The molecule has 1 fully saturated rings. The van der Waals surface area contributed by atoms with Gasteiger partial charge in [-0.25, -0.2) is 0 Å². The molecule has 0 spiro atoms. The van der Waals surface area contributed by atoms with Crippen LogP contribution in [0.2, 0.25) is 10.0 Å². The van der Waals surface area contributed by atoms with Crippen LogP contribution in [0.3, 0.4) is 0 Å². The highest BCUT2D eigenvalue weighted by Gasteiger charge is 2.32. The van der Waals surface area contributed by atoms with Gasteiger partial charge >= 0.3 is 0 Å². The molecule has 7 heteroatoms. The van der Waals surface area contributed by atoms with Crippen LogP contribution in [0.25, 0.3) is 0 Å². The van der Waals surface area contributed by atoms with E-state index in [0.29, 0.717) is 22.2 Å². The second kappa shape index (κ2) is 13.5. The summed E-state index contributed by atoms with van der Waals surface area (Å²) >= 11 is 12.3. The SMILES string of the molecule is O=C(NC1CCCCC1)C(Cc1ccccc1)N(Cc1cccc(Cl)c1)C(=O)COc1cccc(Cl)c1. The molecule has 0 aliphatic heterocycles. The Kier molecular flexibility index (Phi) is 9.86. The van der Waals surface area contributed by atoms with Crippen LogP contribution >= 0.6 is 23.2 Å². The maximum atomic E-state index is 13.7. The van der Waals surface area contributed by atoms with Crippen LogP contribution in [0.15, 0.2) is 78.9 Å². The van der Waals surface area contributed by atoms with Gasteiger partial charge in [0.15, 0.2) is 6.61 Å². The van der Waals surface area contributed by atoms with Gasteiger partial charge < -0.3 is 15.0 Å². The lowest BCUT2D eigenvalue weighted by Gasteiger charge is -2.33. The van der Waals surface area contributed by atoms with Crippen LogP contribution in [0.1, 0.15) is 43.2 Å². The summed E-state index contributed by atoms with van der Waals surface area (Å²) in [6.07, 6.45) is 5.72. The van der Waals surface area contributed by atoms with Gasteiger partial charge in [0.1, 0.15) is 11.8 Å². The summed E-state index contributed by atoms with van der Waals surface area (Å²) in [7, 11) is 0. The third-order valence-electron chi connectivity index (χ3n) is 6.62. The van der Waals surface area contributed by atoms with E-state index in [-0.39, 0.29) is 31.0 Å². The minimum absolute atomic E-state index is 0.130. The first-order valence-electron chi connectivity index (χ1n) is 12.7.